The molecule has 1 aliphatic carbocycles. The Kier molecular flexibility index (Phi) is 6.57. The van der Waals surface area contributed by atoms with E-state index in [0.29, 0.717) is 18.3 Å². The van der Waals surface area contributed by atoms with Gasteiger partial charge in [0.05, 0.1) is 5.92 Å². The summed E-state index contributed by atoms with van der Waals surface area (Å²) in [5.74, 6) is 1.53. The molecule has 0 amide bonds. The first-order valence-electron chi connectivity index (χ1n) is 10.0. The summed E-state index contributed by atoms with van der Waals surface area (Å²) in [5, 5.41) is 4.02. The van der Waals surface area contributed by atoms with E-state index >= 15 is 0 Å². The minimum Gasteiger partial charge on any atom is -0.461 e. The number of carbonyl (C=O) groups excluding carboxylic acids is 1. The Bertz CT molecular complexity index is 845. The Morgan fingerprint density at radius 3 is 2.55 bits per heavy atom. The predicted octanol–water partition coefficient (Wildman–Crippen LogP) is 5.45. The largest absolute Gasteiger partial charge is 0.461 e. The maximum atomic E-state index is 12.6. The molecule has 0 aliphatic heterocycles. The fourth-order valence-electron chi connectivity index (χ4n) is 3.27. The van der Waals surface area contributed by atoms with Crippen LogP contribution in [0.3, 0.4) is 0 Å². The van der Waals surface area contributed by atoms with Gasteiger partial charge >= 0.3 is 5.97 Å². The number of carbonyl (C=O) groups is 1. The molecule has 3 rings (SSSR count). The highest BCUT2D eigenvalue weighted by Gasteiger charge is 2.62. The highest BCUT2D eigenvalue weighted by Crippen LogP contribution is 2.57. The lowest BCUT2D eigenvalue weighted by Gasteiger charge is -2.09. The molecule has 2 atom stereocenters. The first-order valence-corrected chi connectivity index (χ1v) is 10.0. The number of hydrogen-bond donors (Lipinski definition) is 0. The third-order valence-electron chi connectivity index (χ3n) is 5.13. The van der Waals surface area contributed by atoms with Crippen molar-refractivity contribution in [2.24, 2.45) is 28.3 Å². The minimum absolute atomic E-state index is 0.0370. The van der Waals surface area contributed by atoms with E-state index in [1.807, 2.05) is 68.4 Å². The first-order chi connectivity index (χ1) is 13.9. The minimum atomic E-state index is -0.204. The molecule has 154 valence electrons. The third kappa shape index (κ3) is 5.59. The zero-order valence-corrected chi connectivity index (χ0v) is 17.5. The molecule has 2 aromatic carbocycles. The summed E-state index contributed by atoms with van der Waals surface area (Å²) in [6.45, 7) is 9.01. The molecule has 0 unspecified atom stereocenters. The summed E-state index contributed by atoms with van der Waals surface area (Å²) >= 11 is 0. The number of ether oxygens (including phenoxy) is 2. The molecule has 5 heteroatoms. The van der Waals surface area contributed by atoms with Crippen molar-refractivity contribution in [2.45, 2.75) is 34.3 Å². The second-order valence-electron chi connectivity index (χ2n) is 8.44. The molecule has 1 saturated carbocycles. The van der Waals surface area contributed by atoms with Gasteiger partial charge in [-0.25, -0.2) is 0 Å². The van der Waals surface area contributed by atoms with Crippen molar-refractivity contribution in [1.29, 1.82) is 0 Å². The average Bonchev–Trinajstić information content (AvgIpc) is 3.25. The van der Waals surface area contributed by atoms with E-state index in [1.54, 1.807) is 6.21 Å². The summed E-state index contributed by atoms with van der Waals surface area (Å²) in [4.78, 5) is 17.8. The Morgan fingerprint density at radius 2 is 1.83 bits per heavy atom. The van der Waals surface area contributed by atoms with Gasteiger partial charge in [-0.2, -0.15) is 0 Å². The number of rotatable bonds is 9. The van der Waals surface area contributed by atoms with Crippen molar-refractivity contribution >= 4 is 12.2 Å². The lowest BCUT2D eigenvalue weighted by molar-refractivity contribution is -0.147. The van der Waals surface area contributed by atoms with Gasteiger partial charge in [0.2, 0.25) is 0 Å². The van der Waals surface area contributed by atoms with Crippen molar-refractivity contribution in [3.05, 3.63) is 60.2 Å². The van der Waals surface area contributed by atoms with Crippen molar-refractivity contribution in [3.63, 3.8) is 0 Å². The number of hydrogen-bond acceptors (Lipinski definition) is 5. The van der Waals surface area contributed by atoms with Crippen LogP contribution in [0.4, 0.5) is 0 Å². The van der Waals surface area contributed by atoms with Gasteiger partial charge in [-0.1, -0.05) is 63.2 Å². The van der Waals surface area contributed by atoms with Gasteiger partial charge in [0.15, 0.2) is 0 Å². The number of esters is 1. The molecule has 1 fully saturated rings. The highest BCUT2D eigenvalue weighted by molar-refractivity contribution is 5.85. The topological polar surface area (TPSA) is 57.1 Å². The van der Waals surface area contributed by atoms with Gasteiger partial charge in [-0.3, -0.25) is 4.79 Å². The number of para-hydroxylation sites is 1. The van der Waals surface area contributed by atoms with Crippen LogP contribution in [0, 0.1) is 23.2 Å². The summed E-state index contributed by atoms with van der Waals surface area (Å²) < 4.78 is 11.4. The fraction of sp³-hybridized carbons (Fsp3) is 0.417. The van der Waals surface area contributed by atoms with Crippen LogP contribution >= 0.6 is 0 Å². The standard InChI is InChI=1S/C24H29NO4/c1-17(2)15-28-25-14-21-22(24(21,3)4)23(26)27-16-18-9-8-12-20(13-18)29-19-10-6-5-7-11-19/h5-14,17,21-22H,15-16H2,1-4H3/t21-,22+/m1/s1. The molecule has 0 N–H and O–H groups in total. The second-order valence-corrected chi connectivity index (χ2v) is 8.44. The Labute approximate surface area is 172 Å². The molecule has 2 aromatic rings. The first kappa shape index (κ1) is 20.9. The van der Waals surface area contributed by atoms with E-state index in [4.69, 9.17) is 14.3 Å². The van der Waals surface area contributed by atoms with Gasteiger partial charge in [0.1, 0.15) is 24.7 Å². The van der Waals surface area contributed by atoms with Gasteiger partial charge < -0.3 is 14.3 Å². The van der Waals surface area contributed by atoms with Crippen molar-refractivity contribution in [1.82, 2.24) is 0 Å². The lowest BCUT2D eigenvalue weighted by Crippen LogP contribution is -2.10. The molecule has 0 bridgehead atoms. The molecule has 0 heterocycles. The molecular formula is C24H29NO4. The molecule has 1 aliphatic rings. The van der Waals surface area contributed by atoms with Crippen LogP contribution in [0.25, 0.3) is 0 Å². The second kappa shape index (κ2) is 9.12. The van der Waals surface area contributed by atoms with Crippen LogP contribution in [0.15, 0.2) is 59.8 Å². The molecule has 0 radical (unpaired) electrons. The Hall–Kier alpha value is -2.82. The van der Waals surface area contributed by atoms with Crippen LogP contribution in [0.1, 0.15) is 33.3 Å². The zero-order valence-electron chi connectivity index (χ0n) is 17.5. The monoisotopic (exact) mass is 395 g/mol. The maximum Gasteiger partial charge on any atom is 0.310 e. The van der Waals surface area contributed by atoms with Crippen molar-refractivity contribution in [3.8, 4) is 11.5 Å². The fourth-order valence-corrected chi connectivity index (χ4v) is 3.27. The predicted molar refractivity (Wildman–Crippen MR) is 113 cm³/mol. The van der Waals surface area contributed by atoms with Crippen LogP contribution in [0.5, 0.6) is 11.5 Å². The summed E-state index contributed by atoms with van der Waals surface area (Å²) in [5.41, 5.74) is 0.718. The van der Waals surface area contributed by atoms with E-state index in [2.05, 4.69) is 19.0 Å². The van der Waals surface area contributed by atoms with Crippen molar-refractivity contribution in [2.75, 3.05) is 6.61 Å². The van der Waals surface area contributed by atoms with E-state index in [9.17, 15) is 4.79 Å². The lowest BCUT2D eigenvalue weighted by atomic mass is 10.1. The van der Waals surface area contributed by atoms with E-state index in [0.717, 1.165) is 11.3 Å². The Balaban J connectivity index is 1.52. The molecular weight excluding hydrogens is 366 g/mol. The van der Waals surface area contributed by atoms with E-state index < -0.39 is 0 Å². The van der Waals surface area contributed by atoms with Crippen LogP contribution in [0.2, 0.25) is 0 Å². The average molecular weight is 395 g/mol. The number of benzene rings is 2. The van der Waals surface area contributed by atoms with Crippen LogP contribution in [-0.4, -0.2) is 18.8 Å². The molecule has 0 aromatic heterocycles. The number of nitrogens with zero attached hydrogens (tertiary/aromatic N) is 1. The third-order valence-corrected chi connectivity index (χ3v) is 5.13. The quantitative estimate of drug-likeness (QED) is 0.322. The van der Waals surface area contributed by atoms with Gasteiger partial charge in [-0.05, 0) is 41.2 Å². The normalized spacial score (nSPS) is 19.9. The van der Waals surface area contributed by atoms with Crippen LogP contribution < -0.4 is 4.74 Å². The summed E-state index contributed by atoms with van der Waals surface area (Å²) in [6.07, 6.45) is 1.74. The zero-order chi connectivity index (χ0) is 20.9. The maximum absolute atomic E-state index is 12.6. The SMILES string of the molecule is CC(C)CON=C[C@@H]1[C@@H](C(=O)OCc2cccc(Oc3ccccc3)c2)C1(C)C. The van der Waals surface area contributed by atoms with Gasteiger partial charge in [0.25, 0.3) is 0 Å². The van der Waals surface area contributed by atoms with E-state index in [-0.39, 0.29) is 29.8 Å². The Morgan fingerprint density at radius 1 is 1.10 bits per heavy atom. The van der Waals surface area contributed by atoms with Gasteiger partial charge in [0, 0.05) is 12.1 Å². The van der Waals surface area contributed by atoms with E-state index in [1.165, 1.54) is 0 Å². The number of oxime groups is 1. The van der Waals surface area contributed by atoms with Crippen molar-refractivity contribution < 1.29 is 19.1 Å². The highest BCUT2D eigenvalue weighted by atomic mass is 16.6. The molecule has 29 heavy (non-hydrogen) atoms. The molecule has 0 saturated heterocycles. The van der Waals surface area contributed by atoms with Gasteiger partial charge in [-0.15, -0.1) is 0 Å². The summed E-state index contributed by atoms with van der Waals surface area (Å²) in [6, 6.07) is 17.2. The molecule has 5 nitrogen and oxygen atoms in total. The summed E-state index contributed by atoms with van der Waals surface area (Å²) in [7, 11) is 0. The smallest absolute Gasteiger partial charge is 0.310 e. The van der Waals surface area contributed by atoms with Crippen LogP contribution in [-0.2, 0) is 21.0 Å². The molecule has 0 spiro atoms.